The summed E-state index contributed by atoms with van der Waals surface area (Å²) in [5, 5.41) is 28.6. The average molecular weight is 334 g/mol. The molecule has 0 saturated carbocycles. The average Bonchev–Trinajstić information content (AvgIpc) is 2.43. The van der Waals surface area contributed by atoms with E-state index in [2.05, 4.69) is 0 Å². The summed E-state index contributed by atoms with van der Waals surface area (Å²) in [6.07, 6.45) is -0.751. The number of nitrogen functional groups attached to an aromatic ring is 1. The Morgan fingerprint density at radius 3 is 2.50 bits per heavy atom. The molecule has 9 nitrogen and oxygen atoms in total. The van der Waals surface area contributed by atoms with Gasteiger partial charge in [-0.1, -0.05) is 0 Å². The van der Waals surface area contributed by atoms with E-state index in [1.54, 1.807) is 0 Å². The number of nitro benzene ring substituents is 1. The highest BCUT2D eigenvalue weighted by Crippen LogP contribution is 2.36. The minimum atomic E-state index is -4.02. The van der Waals surface area contributed by atoms with Crippen molar-refractivity contribution in [3.8, 4) is 0 Å². The lowest BCUT2D eigenvalue weighted by Crippen LogP contribution is -2.18. The van der Waals surface area contributed by atoms with E-state index >= 15 is 0 Å². The van der Waals surface area contributed by atoms with Crippen LogP contribution in [0.5, 0.6) is 0 Å². The van der Waals surface area contributed by atoms with Crippen LogP contribution in [0.1, 0.15) is 18.6 Å². The van der Waals surface area contributed by atoms with Gasteiger partial charge >= 0.3 is 0 Å². The first-order chi connectivity index (χ1) is 10.3. The highest BCUT2D eigenvalue weighted by molar-refractivity contribution is 7.91. The summed E-state index contributed by atoms with van der Waals surface area (Å²) in [5.41, 5.74) is 4.78. The van der Waals surface area contributed by atoms with E-state index in [-0.39, 0.29) is 18.8 Å². The molecule has 10 heteroatoms. The quantitative estimate of drug-likeness (QED) is 0.341. The first-order valence-electron chi connectivity index (χ1n) is 6.39. The zero-order chi connectivity index (χ0) is 16.9. The Balaban J connectivity index is 3.51. The molecule has 1 atom stereocenters. The van der Waals surface area contributed by atoms with E-state index in [1.165, 1.54) is 13.0 Å². The molecule has 1 rings (SSSR count). The number of hydrogen-bond acceptors (Lipinski definition) is 8. The molecule has 0 aliphatic carbocycles. The molecule has 4 N–H and O–H groups in total. The molecule has 0 heterocycles. The van der Waals surface area contributed by atoms with Crippen molar-refractivity contribution in [2.24, 2.45) is 0 Å². The van der Waals surface area contributed by atoms with Crippen LogP contribution in [0, 0.1) is 10.1 Å². The van der Waals surface area contributed by atoms with Crippen molar-refractivity contribution in [2.45, 2.75) is 17.9 Å². The molecule has 0 radical (unpaired) electrons. The van der Waals surface area contributed by atoms with Crippen molar-refractivity contribution < 1.29 is 28.3 Å². The molecule has 0 amide bonds. The van der Waals surface area contributed by atoms with Crippen LogP contribution in [0.15, 0.2) is 17.0 Å². The first-order valence-corrected chi connectivity index (χ1v) is 8.04. The number of rotatable bonds is 8. The Labute approximate surface area is 127 Å². The van der Waals surface area contributed by atoms with Gasteiger partial charge < -0.3 is 20.7 Å². The third-order valence-corrected chi connectivity index (χ3v) is 4.77. The largest absolute Gasteiger partial charge is 0.395 e. The van der Waals surface area contributed by atoms with Crippen LogP contribution in [0.2, 0.25) is 0 Å². The first kappa shape index (κ1) is 18.3. The van der Waals surface area contributed by atoms with Crippen molar-refractivity contribution in [3.63, 3.8) is 0 Å². The van der Waals surface area contributed by atoms with Gasteiger partial charge in [-0.25, -0.2) is 8.42 Å². The minimum absolute atomic E-state index is 0.0302. The monoisotopic (exact) mass is 334 g/mol. The number of hydrogen-bond donors (Lipinski definition) is 3. The lowest BCUT2D eigenvalue weighted by Gasteiger charge is -2.18. The molecule has 1 aromatic rings. The van der Waals surface area contributed by atoms with Crippen molar-refractivity contribution in [3.05, 3.63) is 27.8 Å². The van der Waals surface area contributed by atoms with E-state index < -0.39 is 49.5 Å². The highest BCUT2D eigenvalue weighted by Gasteiger charge is 2.29. The van der Waals surface area contributed by atoms with Gasteiger partial charge in [0.25, 0.3) is 5.69 Å². The molecule has 124 valence electrons. The second-order valence-electron chi connectivity index (χ2n) is 4.45. The maximum Gasteiger partial charge on any atom is 0.293 e. The number of anilines is 1. The van der Waals surface area contributed by atoms with Gasteiger partial charge in [0.1, 0.15) is 10.6 Å². The van der Waals surface area contributed by atoms with E-state index in [0.717, 1.165) is 6.07 Å². The zero-order valence-electron chi connectivity index (χ0n) is 11.9. The van der Waals surface area contributed by atoms with Crippen LogP contribution in [-0.4, -0.2) is 49.1 Å². The number of sulfone groups is 1. The summed E-state index contributed by atoms with van der Waals surface area (Å²) in [6.45, 7) is 0.604. The normalized spacial score (nSPS) is 13.0. The Morgan fingerprint density at radius 1 is 1.36 bits per heavy atom. The topological polar surface area (TPSA) is 153 Å². The molecule has 0 aromatic heterocycles. The highest BCUT2D eigenvalue weighted by atomic mass is 32.2. The standard InChI is InChI=1S/C12H18N2O7S/c1-8(21-6-4-15)9-2-3-10(14(17)18)11(13)12(9)22(19,20)7-5-16/h2-3,8,15-16H,4-7,13H2,1H3. The van der Waals surface area contributed by atoms with Crippen LogP contribution >= 0.6 is 0 Å². The number of ether oxygens (including phenoxy) is 1. The van der Waals surface area contributed by atoms with Crippen molar-refractivity contribution in [1.29, 1.82) is 0 Å². The predicted molar refractivity (Wildman–Crippen MR) is 78.1 cm³/mol. The van der Waals surface area contributed by atoms with Gasteiger partial charge in [0.15, 0.2) is 9.84 Å². The summed E-state index contributed by atoms with van der Waals surface area (Å²) >= 11 is 0. The third-order valence-electron chi connectivity index (χ3n) is 2.97. The summed E-state index contributed by atoms with van der Waals surface area (Å²) < 4.78 is 29.8. The summed E-state index contributed by atoms with van der Waals surface area (Å²) in [4.78, 5) is 9.73. The smallest absolute Gasteiger partial charge is 0.293 e. The van der Waals surface area contributed by atoms with Gasteiger partial charge in [-0.2, -0.15) is 0 Å². The molecule has 0 spiro atoms. The summed E-state index contributed by atoms with van der Waals surface area (Å²) in [6, 6.07) is 2.35. The Bertz CT molecular complexity index is 645. The molecule has 1 unspecified atom stereocenters. The fourth-order valence-electron chi connectivity index (χ4n) is 1.97. The van der Waals surface area contributed by atoms with Crippen LogP contribution < -0.4 is 5.73 Å². The van der Waals surface area contributed by atoms with E-state index in [0.29, 0.717) is 0 Å². The molecule has 0 aliphatic heterocycles. The lowest BCUT2D eigenvalue weighted by atomic mass is 10.1. The van der Waals surface area contributed by atoms with Gasteiger partial charge in [-0.15, -0.1) is 0 Å². The van der Waals surface area contributed by atoms with Gasteiger partial charge in [0.2, 0.25) is 0 Å². The van der Waals surface area contributed by atoms with Gasteiger partial charge in [0, 0.05) is 11.6 Å². The van der Waals surface area contributed by atoms with Crippen LogP contribution in [0.4, 0.5) is 11.4 Å². The number of benzene rings is 1. The molecular weight excluding hydrogens is 316 g/mol. The predicted octanol–water partition coefficient (Wildman–Crippen LogP) is 0.0129. The molecule has 1 aromatic carbocycles. The Hall–Kier alpha value is -1.75. The second-order valence-corrected chi connectivity index (χ2v) is 6.50. The van der Waals surface area contributed by atoms with Crippen molar-refractivity contribution in [2.75, 3.05) is 31.3 Å². The maximum atomic E-state index is 12.3. The van der Waals surface area contributed by atoms with Crippen LogP contribution in [-0.2, 0) is 14.6 Å². The van der Waals surface area contributed by atoms with Gasteiger partial charge in [-0.3, -0.25) is 10.1 Å². The molecule has 0 bridgehead atoms. The number of nitrogens with zero attached hydrogens (tertiary/aromatic N) is 1. The van der Waals surface area contributed by atoms with E-state index in [4.69, 9.17) is 20.7 Å². The fraction of sp³-hybridized carbons (Fsp3) is 0.500. The fourth-order valence-corrected chi connectivity index (χ4v) is 3.45. The van der Waals surface area contributed by atoms with Crippen LogP contribution in [0.25, 0.3) is 0 Å². The van der Waals surface area contributed by atoms with Gasteiger partial charge in [0.05, 0.1) is 36.6 Å². The Morgan fingerprint density at radius 2 is 2.00 bits per heavy atom. The van der Waals surface area contributed by atoms with Crippen molar-refractivity contribution in [1.82, 2.24) is 0 Å². The zero-order valence-corrected chi connectivity index (χ0v) is 12.7. The third kappa shape index (κ3) is 3.91. The Kier molecular flexibility index (Phi) is 6.23. The van der Waals surface area contributed by atoms with E-state index in [1.807, 2.05) is 0 Å². The molecule has 0 saturated heterocycles. The maximum absolute atomic E-state index is 12.3. The molecular formula is C12H18N2O7S. The SMILES string of the molecule is CC(OCCO)c1ccc([N+](=O)[O-])c(N)c1S(=O)(=O)CCO. The van der Waals surface area contributed by atoms with E-state index in [9.17, 15) is 18.5 Å². The lowest BCUT2D eigenvalue weighted by molar-refractivity contribution is -0.384. The summed E-state index contributed by atoms with van der Waals surface area (Å²) in [5.74, 6) is -0.613. The number of nitrogens with two attached hydrogens (primary N) is 1. The number of aliphatic hydroxyl groups excluding tert-OH is 2. The second kappa shape index (κ2) is 7.49. The number of aliphatic hydroxyl groups is 2. The molecule has 0 aliphatic rings. The van der Waals surface area contributed by atoms with Crippen molar-refractivity contribution >= 4 is 21.2 Å². The number of nitro groups is 1. The van der Waals surface area contributed by atoms with Crippen LogP contribution in [0.3, 0.4) is 0 Å². The summed E-state index contributed by atoms with van der Waals surface area (Å²) in [7, 11) is -4.02. The van der Waals surface area contributed by atoms with Gasteiger partial charge in [-0.05, 0) is 13.0 Å². The minimum Gasteiger partial charge on any atom is -0.395 e. The molecule has 22 heavy (non-hydrogen) atoms. The molecule has 0 fully saturated rings.